The summed E-state index contributed by atoms with van der Waals surface area (Å²) in [4.78, 5) is 11.4. The molecule has 1 N–H and O–H groups in total. The Bertz CT molecular complexity index is 164. The molecule has 0 rings (SSSR count). The summed E-state index contributed by atoms with van der Waals surface area (Å²) in [5.74, 6) is 1.32. The monoisotopic (exact) mass is 198 g/mol. The second kappa shape index (κ2) is 6.86. The third-order valence-corrected chi connectivity index (χ3v) is 2.07. The van der Waals surface area contributed by atoms with E-state index in [1.54, 1.807) is 0 Å². The van der Waals surface area contributed by atoms with Gasteiger partial charge in [0.2, 0.25) is 5.91 Å². The molecular formula is C12H24NO. The van der Waals surface area contributed by atoms with Gasteiger partial charge < -0.3 is 5.32 Å². The average Bonchev–Trinajstić information content (AvgIpc) is 1.98. The first-order valence-corrected chi connectivity index (χ1v) is 5.54. The molecule has 2 nitrogen and oxygen atoms in total. The van der Waals surface area contributed by atoms with Crippen molar-refractivity contribution in [3.63, 3.8) is 0 Å². The lowest BCUT2D eigenvalue weighted by atomic mass is 10.0. The van der Waals surface area contributed by atoms with E-state index < -0.39 is 0 Å². The Balaban J connectivity index is 3.60. The van der Waals surface area contributed by atoms with Crippen LogP contribution in [0, 0.1) is 18.8 Å². The second-order valence-corrected chi connectivity index (χ2v) is 4.83. The molecule has 0 aromatic heterocycles. The lowest BCUT2D eigenvalue weighted by Crippen LogP contribution is -2.33. The molecule has 0 saturated heterocycles. The Morgan fingerprint density at radius 2 is 1.79 bits per heavy atom. The van der Waals surface area contributed by atoms with Crippen LogP contribution in [-0.4, -0.2) is 11.9 Å². The SMILES string of the molecule is [CH2]C(CC(C)C)NC(=O)CCC(C)C. The molecule has 1 unspecified atom stereocenters. The molecule has 1 radical (unpaired) electrons. The van der Waals surface area contributed by atoms with Gasteiger partial charge in [0.1, 0.15) is 0 Å². The van der Waals surface area contributed by atoms with Crippen LogP contribution in [-0.2, 0) is 4.79 Å². The Labute approximate surface area is 88.5 Å². The first kappa shape index (κ1) is 13.5. The van der Waals surface area contributed by atoms with Gasteiger partial charge in [0.05, 0.1) is 0 Å². The van der Waals surface area contributed by atoms with E-state index in [-0.39, 0.29) is 11.9 Å². The summed E-state index contributed by atoms with van der Waals surface area (Å²) in [6, 6.07) is 0.0645. The average molecular weight is 198 g/mol. The van der Waals surface area contributed by atoms with Gasteiger partial charge in [-0.3, -0.25) is 4.79 Å². The molecule has 1 amide bonds. The summed E-state index contributed by atoms with van der Waals surface area (Å²) < 4.78 is 0. The lowest BCUT2D eigenvalue weighted by molar-refractivity contribution is -0.121. The number of hydrogen-bond donors (Lipinski definition) is 1. The van der Waals surface area contributed by atoms with Gasteiger partial charge in [-0.05, 0) is 31.6 Å². The van der Waals surface area contributed by atoms with E-state index in [4.69, 9.17) is 0 Å². The van der Waals surface area contributed by atoms with Crippen LogP contribution in [0.3, 0.4) is 0 Å². The molecule has 0 aliphatic rings. The number of rotatable bonds is 6. The van der Waals surface area contributed by atoms with Crippen molar-refractivity contribution in [2.45, 2.75) is 53.0 Å². The number of hydrogen-bond acceptors (Lipinski definition) is 1. The topological polar surface area (TPSA) is 29.1 Å². The van der Waals surface area contributed by atoms with E-state index in [9.17, 15) is 4.79 Å². The van der Waals surface area contributed by atoms with Gasteiger partial charge >= 0.3 is 0 Å². The Hall–Kier alpha value is -0.530. The van der Waals surface area contributed by atoms with Gasteiger partial charge in [-0.1, -0.05) is 27.7 Å². The van der Waals surface area contributed by atoms with Crippen molar-refractivity contribution in [1.29, 1.82) is 0 Å². The zero-order valence-electron chi connectivity index (χ0n) is 9.97. The highest BCUT2D eigenvalue weighted by molar-refractivity contribution is 5.76. The zero-order chi connectivity index (χ0) is 11.1. The van der Waals surface area contributed by atoms with Crippen molar-refractivity contribution in [3.8, 4) is 0 Å². The van der Waals surface area contributed by atoms with Gasteiger partial charge in [0.25, 0.3) is 0 Å². The Morgan fingerprint density at radius 1 is 1.21 bits per heavy atom. The van der Waals surface area contributed by atoms with Crippen LogP contribution in [0.5, 0.6) is 0 Å². The maximum atomic E-state index is 11.4. The predicted octanol–water partition coefficient (Wildman–Crippen LogP) is 2.79. The van der Waals surface area contributed by atoms with Gasteiger partial charge in [-0.25, -0.2) is 0 Å². The normalized spacial score (nSPS) is 13.4. The fourth-order valence-electron chi connectivity index (χ4n) is 1.35. The molecule has 14 heavy (non-hydrogen) atoms. The molecule has 83 valence electrons. The number of amides is 1. The van der Waals surface area contributed by atoms with Crippen LogP contribution in [0.25, 0.3) is 0 Å². The van der Waals surface area contributed by atoms with E-state index in [0.29, 0.717) is 18.3 Å². The number of carbonyl (C=O) groups is 1. The predicted molar refractivity (Wildman–Crippen MR) is 60.8 cm³/mol. The summed E-state index contributed by atoms with van der Waals surface area (Å²) in [5.41, 5.74) is 0. The molecule has 0 spiro atoms. The van der Waals surface area contributed by atoms with Crippen LogP contribution in [0.2, 0.25) is 0 Å². The van der Waals surface area contributed by atoms with Crippen LogP contribution >= 0.6 is 0 Å². The maximum Gasteiger partial charge on any atom is 0.220 e. The number of nitrogens with one attached hydrogen (secondary N) is 1. The molecule has 2 heteroatoms. The first-order chi connectivity index (χ1) is 6.41. The molecule has 0 aromatic rings. The summed E-state index contributed by atoms with van der Waals surface area (Å²) in [5, 5.41) is 2.92. The molecular weight excluding hydrogens is 174 g/mol. The van der Waals surface area contributed by atoms with Crippen molar-refractivity contribution < 1.29 is 4.79 Å². The summed E-state index contributed by atoms with van der Waals surface area (Å²) in [6.07, 6.45) is 2.54. The molecule has 0 heterocycles. The third kappa shape index (κ3) is 8.09. The van der Waals surface area contributed by atoms with Crippen LogP contribution in [0.1, 0.15) is 47.0 Å². The summed E-state index contributed by atoms with van der Waals surface area (Å²) in [6.45, 7) is 12.4. The van der Waals surface area contributed by atoms with E-state index in [2.05, 4.69) is 39.9 Å². The van der Waals surface area contributed by atoms with Crippen molar-refractivity contribution in [2.75, 3.05) is 0 Å². The lowest BCUT2D eigenvalue weighted by Gasteiger charge is -2.16. The molecule has 0 bridgehead atoms. The maximum absolute atomic E-state index is 11.4. The van der Waals surface area contributed by atoms with E-state index in [1.165, 1.54) is 0 Å². The molecule has 0 aliphatic carbocycles. The standard InChI is InChI=1S/C12H24NO/c1-9(2)6-7-12(14)13-11(5)8-10(3)4/h9-11H,5-8H2,1-4H3,(H,13,14). The van der Waals surface area contributed by atoms with E-state index >= 15 is 0 Å². The molecule has 0 fully saturated rings. The highest BCUT2D eigenvalue weighted by atomic mass is 16.1. The first-order valence-electron chi connectivity index (χ1n) is 5.54. The largest absolute Gasteiger partial charge is 0.353 e. The highest BCUT2D eigenvalue weighted by Crippen LogP contribution is 2.06. The quantitative estimate of drug-likeness (QED) is 0.698. The van der Waals surface area contributed by atoms with Crippen molar-refractivity contribution in [3.05, 3.63) is 6.92 Å². The number of carbonyl (C=O) groups excluding carboxylic acids is 1. The fraction of sp³-hybridized carbons (Fsp3) is 0.833. The molecule has 1 atom stereocenters. The second-order valence-electron chi connectivity index (χ2n) is 4.83. The summed E-state index contributed by atoms with van der Waals surface area (Å²) >= 11 is 0. The van der Waals surface area contributed by atoms with Crippen molar-refractivity contribution in [1.82, 2.24) is 5.32 Å². The minimum Gasteiger partial charge on any atom is -0.353 e. The zero-order valence-corrected chi connectivity index (χ0v) is 9.97. The highest BCUT2D eigenvalue weighted by Gasteiger charge is 2.09. The molecule has 0 aliphatic heterocycles. The van der Waals surface area contributed by atoms with Crippen molar-refractivity contribution >= 4 is 5.91 Å². The smallest absolute Gasteiger partial charge is 0.220 e. The van der Waals surface area contributed by atoms with E-state index in [0.717, 1.165) is 12.8 Å². The molecule has 0 saturated carbocycles. The van der Waals surface area contributed by atoms with Gasteiger partial charge in [-0.2, -0.15) is 0 Å². The van der Waals surface area contributed by atoms with Crippen LogP contribution < -0.4 is 5.32 Å². The minimum atomic E-state index is 0.0645. The molecule has 0 aromatic carbocycles. The van der Waals surface area contributed by atoms with Crippen LogP contribution in [0.4, 0.5) is 0 Å². The third-order valence-electron chi connectivity index (χ3n) is 2.07. The van der Waals surface area contributed by atoms with Gasteiger partial charge in [0.15, 0.2) is 0 Å². The Kier molecular flexibility index (Phi) is 6.60. The van der Waals surface area contributed by atoms with Gasteiger partial charge in [0, 0.05) is 12.5 Å². The van der Waals surface area contributed by atoms with Gasteiger partial charge in [-0.15, -0.1) is 0 Å². The fourth-order valence-corrected chi connectivity index (χ4v) is 1.35. The van der Waals surface area contributed by atoms with Crippen molar-refractivity contribution in [2.24, 2.45) is 11.8 Å². The Morgan fingerprint density at radius 3 is 2.21 bits per heavy atom. The van der Waals surface area contributed by atoms with Crippen LogP contribution in [0.15, 0.2) is 0 Å². The summed E-state index contributed by atoms with van der Waals surface area (Å²) in [7, 11) is 0. The van der Waals surface area contributed by atoms with E-state index in [1.807, 2.05) is 0 Å². The minimum absolute atomic E-state index is 0.0645.